The average Bonchev–Trinajstić information content (AvgIpc) is 2.69. The maximum Gasteiger partial charge on any atom is 0.273 e. The van der Waals surface area contributed by atoms with E-state index < -0.39 is 6.10 Å². The number of nitrogens with one attached hydrogen (secondary N) is 1. The first-order valence-corrected chi connectivity index (χ1v) is 8.46. The number of ether oxygens (including phenoxy) is 1. The van der Waals surface area contributed by atoms with Crippen LogP contribution in [0.1, 0.15) is 35.4 Å². The Labute approximate surface area is 151 Å². The number of Topliss-reactive ketones (excluding diaryl/α,β-unsaturated/α-hetero) is 1. The molecule has 0 saturated heterocycles. The van der Waals surface area contributed by atoms with E-state index in [0.29, 0.717) is 29.0 Å². The minimum absolute atomic E-state index is 0.0367. The lowest BCUT2D eigenvalue weighted by atomic mass is 10.0. The van der Waals surface area contributed by atoms with Crippen molar-refractivity contribution in [2.75, 3.05) is 18.5 Å². The van der Waals surface area contributed by atoms with Crippen LogP contribution >= 0.6 is 0 Å². The van der Waals surface area contributed by atoms with Crippen LogP contribution in [0.15, 0.2) is 48.5 Å². The molecule has 0 saturated carbocycles. The van der Waals surface area contributed by atoms with Gasteiger partial charge in [0.25, 0.3) is 5.91 Å². The van der Waals surface area contributed by atoms with Gasteiger partial charge in [0, 0.05) is 24.6 Å². The highest BCUT2D eigenvalue weighted by atomic mass is 16.5. The van der Waals surface area contributed by atoms with Gasteiger partial charge in [-0.25, -0.2) is 0 Å². The van der Waals surface area contributed by atoms with Crippen LogP contribution in [0, 0.1) is 0 Å². The van der Waals surface area contributed by atoms with Gasteiger partial charge in [0.15, 0.2) is 5.78 Å². The van der Waals surface area contributed by atoms with Gasteiger partial charge in [-0.2, -0.15) is 0 Å². The van der Waals surface area contributed by atoms with Crippen molar-refractivity contribution in [3.63, 3.8) is 0 Å². The van der Waals surface area contributed by atoms with Gasteiger partial charge in [-0.3, -0.25) is 19.3 Å². The smallest absolute Gasteiger partial charge is 0.273 e. The summed E-state index contributed by atoms with van der Waals surface area (Å²) in [7, 11) is 1.51. The summed E-state index contributed by atoms with van der Waals surface area (Å²) in [5.74, 6) is -0.209. The number of ketones is 1. The van der Waals surface area contributed by atoms with Gasteiger partial charge in [-0.15, -0.1) is 0 Å². The average molecular weight is 352 g/mol. The van der Waals surface area contributed by atoms with E-state index in [-0.39, 0.29) is 24.1 Å². The van der Waals surface area contributed by atoms with Crippen LogP contribution in [-0.2, 0) is 9.59 Å². The zero-order chi connectivity index (χ0) is 18.7. The molecule has 0 aliphatic carbocycles. The minimum atomic E-state index is -0.832. The molecule has 1 unspecified atom stereocenters. The molecule has 0 fully saturated rings. The van der Waals surface area contributed by atoms with E-state index in [2.05, 4.69) is 5.32 Å². The Morgan fingerprint density at radius 3 is 2.54 bits per heavy atom. The fourth-order valence-corrected chi connectivity index (χ4v) is 2.87. The quantitative estimate of drug-likeness (QED) is 0.839. The Hall–Kier alpha value is -3.15. The normalized spacial score (nSPS) is 15.8. The molecule has 3 rings (SSSR count). The number of hydrogen-bond acceptors (Lipinski definition) is 4. The molecule has 2 aromatic rings. The summed E-state index contributed by atoms with van der Waals surface area (Å²) < 4.78 is 5.91. The molecule has 1 atom stereocenters. The van der Waals surface area contributed by atoms with E-state index >= 15 is 0 Å². The zero-order valence-corrected chi connectivity index (χ0v) is 14.7. The number of hydrogen-bond donors (Lipinski definition) is 1. The monoisotopic (exact) mass is 352 g/mol. The predicted molar refractivity (Wildman–Crippen MR) is 97.3 cm³/mol. The first-order valence-electron chi connectivity index (χ1n) is 8.46. The fourth-order valence-electron chi connectivity index (χ4n) is 2.87. The third-order valence-electron chi connectivity index (χ3n) is 4.31. The predicted octanol–water partition coefficient (Wildman–Crippen LogP) is 2.49. The van der Waals surface area contributed by atoms with Crippen LogP contribution in [0.2, 0.25) is 0 Å². The maximum atomic E-state index is 13.0. The second-order valence-corrected chi connectivity index (χ2v) is 5.97. The highest BCUT2D eigenvalue weighted by molar-refractivity contribution is 6.06. The zero-order valence-electron chi connectivity index (χ0n) is 14.7. The lowest BCUT2D eigenvalue weighted by Gasteiger charge is -2.34. The lowest BCUT2D eigenvalue weighted by molar-refractivity contribution is -0.129. The Balaban J connectivity index is 2.06. The molecule has 1 heterocycles. The van der Waals surface area contributed by atoms with Gasteiger partial charge in [0.05, 0.1) is 5.69 Å². The SMILES string of the molecule is CCC(=O)c1ccc2c(c1)N(CC(=O)NC)C(=O)C(c1ccccc1)O2. The topological polar surface area (TPSA) is 75.7 Å². The molecule has 6 nitrogen and oxygen atoms in total. The second kappa shape index (κ2) is 7.39. The molecule has 0 spiro atoms. The van der Waals surface area contributed by atoms with E-state index in [4.69, 9.17) is 4.74 Å². The van der Waals surface area contributed by atoms with E-state index in [1.54, 1.807) is 37.3 Å². The molecular formula is C20H20N2O4. The lowest BCUT2D eigenvalue weighted by Crippen LogP contribution is -2.46. The molecule has 6 heteroatoms. The molecule has 0 aromatic heterocycles. The van der Waals surface area contributed by atoms with Crippen molar-refractivity contribution < 1.29 is 19.1 Å². The molecule has 1 aliphatic heterocycles. The van der Waals surface area contributed by atoms with Gasteiger partial charge in [-0.05, 0) is 18.2 Å². The molecule has 26 heavy (non-hydrogen) atoms. The van der Waals surface area contributed by atoms with E-state index in [1.165, 1.54) is 11.9 Å². The summed E-state index contributed by atoms with van der Waals surface area (Å²) in [6, 6.07) is 14.1. The number of carbonyl (C=O) groups excluding carboxylic acids is 3. The molecule has 134 valence electrons. The molecule has 1 N–H and O–H groups in total. The van der Waals surface area contributed by atoms with Crippen molar-refractivity contribution in [3.05, 3.63) is 59.7 Å². The van der Waals surface area contributed by atoms with Gasteiger partial charge < -0.3 is 10.1 Å². The number of carbonyl (C=O) groups is 3. The Kier molecular flexibility index (Phi) is 5.02. The molecule has 2 aromatic carbocycles. The summed E-state index contributed by atoms with van der Waals surface area (Å²) in [5, 5.41) is 2.53. The highest BCUT2D eigenvalue weighted by Crippen LogP contribution is 2.39. The number of benzene rings is 2. The maximum absolute atomic E-state index is 13.0. The van der Waals surface area contributed by atoms with E-state index in [0.717, 1.165) is 0 Å². The largest absolute Gasteiger partial charge is 0.474 e. The van der Waals surface area contributed by atoms with Crippen LogP contribution in [0.3, 0.4) is 0 Å². The Bertz CT molecular complexity index is 848. The van der Waals surface area contributed by atoms with E-state index in [1.807, 2.05) is 18.2 Å². The van der Waals surface area contributed by atoms with Crippen LogP contribution in [0.4, 0.5) is 5.69 Å². The van der Waals surface area contributed by atoms with Gasteiger partial charge in [0.2, 0.25) is 12.0 Å². The molecular weight excluding hydrogens is 332 g/mol. The number of anilines is 1. The Morgan fingerprint density at radius 2 is 1.88 bits per heavy atom. The first kappa shape index (κ1) is 17.7. The number of rotatable bonds is 5. The first-order chi connectivity index (χ1) is 12.5. The van der Waals surface area contributed by atoms with Crippen molar-refractivity contribution in [2.45, 2.75) is 19.4 Å². The number of likely N-dealkylation sites (N-methyl/N-ethyl adjacent to an activating group) is 1. The number of nitrogens with zero attached hydrogens (tertiary/aromatic N) is 1. The third-order valence-corrected chi connectivity index (χ3v) is 4.31. The standard InChI is InChI=1S/C20H20N2O4/c1-3-16(23)14-9-10-17-15(11-14)22(12-18(24)21-2)20(25)19(26-17)13-7-5-4-6-8-13/h4-11,19H,3,12H2,1-2H3,(H,21,24). The summed E-state index contributed by atoms with van der Waals surface area (Å²) in [6.07, 6.45) is -0.476. The van der Waals surface area contributed by atoms with Crippen LogP contribution in [0.5, 0.6) is 5.75 Å². The van der Waals surface area contributed by atoms with Crippen molar-refractivity contribution >= 4 is 23.3 Å². The Morgan fingerprint density at radius 1 is 1.15 bits per heavy atom. The molecule has 0 bridgehead atoms. The van der Waals surface area contributed by atoms with Gasteiger partial charge >= 0.3 is 0 Å². The van der Waals surface area contributed by atoms with Crippen LogP contribution < -0.4 is 15.0 Å². The van der Waals surface area contributed by atoms with E-state index in [9.17, 15) is 14.4 Å². The van der Waals surface area contributed by atoms with Gasteiger partial charge in [0.1, 0.15) is 12.3 Å². The van der Waals surface area contributed by atoms with Crippen molar-refractivity contribution in [3.8, 4) is 5.75 Å². The van der Waals surface area contributed by atoms with Gasteiger partial charge in [-0.1, -0.05) is 37.3 Å². The molecule has 0 radical (unpaired) electrons. The van der Waals surface area contributed by atoms with Crippen molar-refractivity contribution in [2.24, 2.45) is 0 Å². The summed E-state index contributed by atoms with van der Waals surface area (Å²) >= 11 is 0. The highest BCUT2D eigenvalue weighted by Gasteiger charge is 2.36. The number of fused-ring (bicyclic) bond motifs is 1. The minimum Gasteiger partial charge on any atom is -0.474 e. The number of amides is 2. The van der Waals surface area contributed by atoms with Crippen molar-refractivity contribution in [1.82, 2.24) is 5.32 Å². The fraction of sp³-hybridized carbons (Fsp3) is 0.250. The molecule has 2 amide bonds. The summed E-state index contributed by atoms with van der Waals surface area (Å²) in [4.78, 5) is 38.4. The van der Waals surface area contributed by atoms with Crippen LogP contribution in [-0.4, -0.2) is 31.2 Å². The third kappa shape index (κ3) is 3.31. The van der Waals surface area contributed by atoms with Crippen molar-refractivity contribution in [1.29, 1.82) is 0 Å². The summed E-state index contributed by atoms with van der Waals surface area (Å²) in [5.41, 5.74) is 1.63. The van der Waals surface area contributed by atoms with Crippen LogP contribution in [0.25, 0.3) is 0 Å². The second-order valence-electron chi connectivity index (χ2n) is 5.97. The molecule has 1 aliphatic rings. The summed E-state index contributed by atoms with van der Waals surface area (Å²) in [6.45, 7) is 1.63.